The van der Waals surface area contributed by atoms with Crippen LogP contribution in [0.5, 0.6) is 0 Å². The van der Waals surface area contributed by atoms with Crippen molar-refractivity contribution in [2.75, 3.05) is 13.2 Å². The zero-order valence-electron chi connectivity index (χ0n) is 47.5. The Kier molecular flexibility index (Phi) is 57.7. The molecule has 0 bridgehead atoms. The summed E-state index contributed by atoms with van der Waals surface area (Å²) in [4.78, 5) is 38.2. The average molecular weight is 996 g/mol. The lowest BCUT2D eigenvalue weighted by Gasteiger charge is -2.18. The third kappa shape index (κ3) is 58.1. The predicted molar refractivity (Wildman–Crippen MR) is 307 cm³/mol. The van der Waals surface area contributed by atoms with E-state index in [1.54, 1.807) is 0 Å². The summed E-state index contributed by atoms with van der Waals surface area (Å²) < 4.78 is 16.9. The minimum absolute atomic E-state index is 0.0777. The molecule has 0 aliphatic rings. The molecule has 0 amide bonds. The van der Waals surface area contributed by atoms with E-state index in [9.17, 15) is 14.4 Å². The highest BCUT2D eigenvalue weighted by Gasteiger charge is 2.19. The largest absolute Gasteiger partial charge is 0.462 e. The van der Waals surface area contributed by atoms with Gasteiger partial charge in [0.15, 0.2) is 6.10 Å². The van der Waals surface area contributed by atoms with E-state index in [2.05, 4.69) is 69.4 Å². The van der Waals surface area contributed by atoms with Crippen molar-refractivity contribution < 1.29 is 28.6 Å². The fourth-order valence-electron chi connectivity index (χ4n) is 9.08. The number of carbonyl (C=O) groups excluding carboxylic acids is 3. The second kappa shape index (κ2) is 59.9. The lowest BCUT2D eigenvalue weighted by molar-refractivity contribution is -0.167. The van der Waals surface area contributed by atoms with Crippen molar-refractivity contribution in [2.45, 2.75) is 335 Å². The molecule has 6 heteroatoms. The third-order valence-corrected chi connectivity index (χ3v) is 13.8. The molecule has 0 aromatic carbocycles. The summed E-state index contributed by atoms with van der Waals surface area (Å²) in [6.45, 7) is 6.60. The Morgan fingerprint density at radius 1 is 0.282 bits per heavy atom. The molecule has 1 atom stereocenters. The highest BCUT2D eigenvalue weighted by Crippen LogP contribution is 2.17. The van der Waals surface area contributed by atoms with Gasteiger partial charge in [-0.2, -0.15) is 0 Å². The van der Waals surface area contributed by atoms with E-state index in [-0.39, 0.29) is 31.1 Å². The van der Waals surface area contributed by atoms with E-state index in [0.29, 0.717) is 19.3 Å². The molecule has 0 N–H and O–H groups in total. The van der Waals surface area contributed by atoms with Gasteiger partial charge in [0.05, 0.1) is 0 Å². The van der Waals surface area contributed by atoms with Crippen molar-refractivity contribution in [1.29, 1.82) is 0 Å². The number of unbranched alkanes of at least 4 members (excludes halogenated alkanes) is 38. The maximum atomic E-state index is 12.9. The molecule has 0 saturated carbocycles. The average Bonchev–Trinajstić information content (AvgIpc) is 3.37. The SMILES string of the molecule is CCCC/C=C\C/C=C\CCCCCCCC(=O)OCC(COC(=O)CCCCCCCCCCCCCCCCCCCCCCCC)OC(=O)CCCCCCCCC/C=C\C/C=C\CCCCC. The molecule has 71 heavy (non-hydrogen) atoms. The smallest absolute Gasteiger partial charge is 0.306 e. The first-order chi connectivity index (χ1) is 35.0. The van der Waals surface area contributed by atoms with Crippen LogP contribution in [0.1, 0.15) is 329 Å². The Morgan fingerprint density at radius 3 is 0.845 bits per heavy atom. The van der Waals surface area contributed by atoms with Crippen LogP contribution in [-0.4, -0.2) is 37.2 Å². The third-order valence-electron chi connectivity index (χ3n) is 13.8. The summed E-state index contributed by atoms with van der Waals surface area (Å²) in [5, 5.41) is 0. The number of carbonyl (C=O) groups is 3. The number of hydrogen-bond donors (Lipinski definition) is 0. The van der Waals surface area contributed by atoms with E-state index in [4.69, 9.17) is 14.2 Å². The zero-order chi connectivity index (χ0) is 51.4. The zero-order valence-corrected chi connectivity index (χ0v) is 47.5. The lowest BCUT2D eigenvalue weighted by Crippen LogP contribution is -2.30. The van der Waals surface area contributed by atoms with Crippen LogP contribution in [0.25, 0.3) is 0 Å². The molecule has 0 aromatic rings. The van der Waals surface area contributed by atoms with Gasteiger partial charge < -0.3 is 14.2 Å². The summed E-state index contributed by atoms with van der Waals surface area (Å²) in [6, 6.07) is 0. The Balaban J connectivity index is 4.31. The number of esters is 3. The van der Waals surface area contributed by atoms with E-state index >= 15 is 0 Å². The molecule has 0 heterocycles. The van der Waals surface area contributed by atoms with Crippen LogP contribution >= 0.6 is 0 Å². The minimum atomic E-state index is -0.782. The quantitative estimate of drug-likeness (QED) is 0.0261. The molecule has 0 saturated heterocycles. The standard InChI is InChI=1S/C65H118O6/c1-4-7-10-13-16-19-22-25-28-30-31-32-33-34-36-37-40-43-46-49-52-55-58-64(67)70-61-62(60-69-63(66)57-54-51-48-45-42-39-27-24-21-18-15-12-9-6-3)71-65(68)59-56-53-50-47-44-41-38-35-29-26-23-20-17-14-11-8-5-2/h15,17-18,20,24,26-27,29,62H,4-14,16,19,21-23,25,28,30-61H2,1-3H3/b18-15-,20-17-,27-24-,29-26-. The van der Waals surface area contributed by atoms with E-state index in [1.165, 1.54) is 199 Å². The monoisotopic (exact) mass is 995 g/mol. The second-order valence-electron chi connectivity index (χ2n) is 21.0. The van der Waals surface area contributed by atoms with Crippen LogP contribution in [-0.2, 0) is 28.6 Å². The summed E-state index contributed by atoms with van der Waals surface area (Å²) >= 11 is 0. The normalized spacial score (nSPS) is 12.3. The molecule has 0 radical (unpaired) electrons. The molecule has 0 aliphatic heterocycles. The number of hydrogen-bond acceptors (Lipinski definition) is 6. The van der Waals surface area contributed by atoms with Gasteiger partial charge in [0, 0.05) is 19.3 Å². The highest BCUT2D eigenvalue weighted by atomic mass is 16.6. The molecule has 0 rings (SSSR count). The Morgan fingerprint density at radius 2 is 0.521 bits per heavy atom. The van der Waals surface area contributed by atoms with Gasteiger partial charge in [0.25, 0.3) is 0 Å². The van der Waals surface area contributed by atoms with E-state index in [1.807, 2.05) is 0 Å². The van der Waals surface area contributed by atoms with Crippen molar-refractivity contribution in [1.82, 2.24) is 0 Å². The first kappa shape index (κ1) is 68.4. The summed E-state index contributed by atoms with van der Waals surface area (Å²) in [5.41, 5.74) is 0. The van der Waals surface area contributed by atoms with Gasteiger partial charge in [0.2, 0.25) is 0 Å². The molecule has 6 nitrogen and oxygen atoms in total. The van der Waals surface area contributed by atoms with Gasteiger partial charge in [-0.05, 0) is 77.0 Å². The first-order valence-electron chi connectivity index (χ1n) is 31.1. The fourth-order valence-corrected chi connectivity index (χ4v) is 9.08. The van der Waals surface area contributed by atoms with Gasteiger partial charge >= 0.3 is 17.9 Å². The van der Waals surface area contributed by atoms with Gasteiger partial charge in [-0.3, -0.25) is 14.4 Å². The highest BCUT2D eigenvalue weighted by molar-refractivity contribution is 5.71. The van der Waals surface area contributed by atoms with Crippen LogP contribution in [0, 0.1) is 0 Å². The summed E-state index contributed by atoms with van der Waals surface area (Å²) in [5.74, 6) is -0.882. The molecular weight excluding hydrogens is 877 g/mol. The molecule has 414 valence electrons. The van der Waals surface area contributed by atoms with Crippen molar-refractivity contribution in [2.24, 2.45) is 0 Å². The van der Waals surface area contributed by atoms with E-state index in [0.717, 1.165) is 89.9 Å². The Labute approximate surface area is 441 Å². The fraction of sp³-hybridized carbons (Fsp3) is 0.831. The van der Waals surface area contributed by atoms with Crippen LogP contribution in [0.2, 0.25) is 0 Å². The summed E-state index contributed by atoms with van der Waals surface area (Å²) in [7, 11) is 0. The van der Waals surface area contributed by atoms with Crippen molar-refractivity contribution in [3.05, 3.63) is 48.6 Å². The first-order valence-corrected chi connectivity index (χ1v) is 31.1. The number of allylic oxidation sites excluding steroid dienone is 8. The van der Waals surface area contributed by atoms with Crippen molar-refractivity contribution >= 4 is 17.9 Å². The maximum Gasteiger partial charge on any atom is 0.306 e. The topological polar surface area (TPSA) is 78.9 Å². The van der Waals surface area contributed by atoms with Crippen LogP contribution in [0.15, 0.2) is 48.6 Å². The number of ether oxygens (including phenoxy) is 3. The molecule has 0 aromatic heterocycles. The van der Waals surface area contributed by atoms with Gasteiger partial charge in [0.1, 0.15) is 13.2 Å². The second-order valence-corrected chi connectivity index (χ2v) is 21.0. The van der Waals surface area contributed by atoms with Crippen LogP contribution in [0.4, 0.5) is 0 Å². The predicted octanol–water partition coefficient (Wildman–Crippen LogP) is 21.0. The van der Waals surface area contributed by atoms with Crippen molar-refractivity contribution in [3.63, 3.8) is 0 Å². The molecule has 0 fully saturated rings. The molecule has 0 aliphatic carbocycles. The van der Waals surface area contributed by atoms with Crippen LogP contribution < -0.4 is 0 Å². The Hall–Kier alpha value is -2.63. The van der Waals surface area contributed by atoms with Crippen LogP contribution in [0.3, 0.4) is 0 Å². The Bertz CT molecular complexity index is 1230. The maximum absolute atomic E-state index is 12.9. The molecule has 1 unspecified atom stereocenters. The van der Waals surface area contributed by atoms with E-state index < -0.39 is 6.10 Å². The molecular formula is C65H118O6. The van der Waals surface area contributed by atoms with Crippen molar-refractivity contribution in [3.8, 4) is 0 Å². The minimum Gasteiger partial charge on any atom is -0.462 e. The van der Waals surface area contributed by atoms with Gasteiger partial charge in [-0.25, -0.2) is 0 Å². The summed E-state index contributed by atoms with van der Waals surface area (Å²) in [6.07, 6.45) is 74.0. The number of rotatable bonds is 57. The lowest BCUT2D eigenvalue weighted by atomic mass is 10.0. The molecule has 0 spiro atoms. The van der Waals surface area contributed by atoms with Gasteiger partial charge in [-0.1, -0.05) is 281 Å². The van der Waals surface area contributed by atoms with Gasteiger partial charge in [-0.15, -0.1) is 0 Å².